The van der Waals surface area contributed by atoms with Crippen molar-refractivity contribution in [2.24, 2.45) is 5.92 Å². The molecule has 0 saturated carbocycles. The smallest absolute Gasteiger partial charge is 0.0132 e. The van der Waals surface area contributed by atoms with E-state index in [9.17, 15) is 0 Å². The standard InChI is InChI=1S/C47H92N2.C4H9N/c1-7-11-14-17-22-27-37-47(38-28-23-18-15-12-8-2)44-46(6)36-29-32-42-49(43-33-30-40-48-39-10-4)41-31-24-20-19-21-26-35-45(5)34-25-16-13-9-3;1-3-4-5-2/h10,47-48H,4-9,11-44H2,1-3H3;3,5H,1,4H2,2H3. The normalized spacial score (nSPS) is 11.2. The van der Waals surface area contributed by atoms with Crippen molar-refractivity contribution >= 4 is 0 Å². The fraction of sp³-hybridized carbons (Fsp3) is 0.843. The molecule has 0 bridgehead atoms. The molecular formula is C51H101N3. The first-order chi connectivity index (χ1) is 26.5. The van der Waals surface area contributed by atoms with E-state index in [2.05, 4.69) is 62.6 Å². The maximum Gasteiger partial charge on any atom is 0.0132 e. The molecule has 0 aliphatic rings. The number of hydrogen-bond donors (Lipinski definition) is 2. The van der Waals surface area contributed by atoms with Crippen LogP contribution in [0.15, 0.2) is 49.6 Å². The van der Waals surface area contributed by atoms with Gasteiger partial charge in [-0.1, -0.05) is 192 Å². The van der Waals surface area contributed by atoms with E-state index in [1.54, 1.807) is 5.57 Å². The highest BCUT2D eigenvalue weighted by Crippen LogP contribution is 2.27. The van der Waals surface area contributed by atoms with E-state index in [4.69, 9.17) is 0 Å². The quantitative estimate of drug-likeness (QED) is 0.0479. The molecule has 0 atom stereocenters. The van der Waals surface area contributed by atoms with E-state index < -0.39 is 0 Å². The first-order valence-corrected chi connectivity index (χ1v) is 24.1. The average Bonchev–Trinajstić information content (AvgIpc) is 3.17. The van der Waals surface area contributed by atoms with Crippen LogP contribution in [-0.4, -0.2) is 51.2 Å². The molecule has 0 spiro atoms. The molecule has 0 saturated heterocycles. The number of hydrogen-bond acceptors (Lipinski definition) is 3. The monoisotopic (exact) mass is 756 g/mol. The molecule has 0 aromatic rings. The summed E-state index contributed by atoms with van der Waals surface area (Å²) in [5, 5.41) is 6.38. The van der Waals surface area contributed by atoms with E-state index in [1.807, 2.05) is 19.2 Å². The lowest BCUT2D eigenvalue weighted by atomic mass is 9.87. The lowest BCUT2D eigenvalue weighted by Gasteiger charge is -2.23. The lowest BCUT2D eigenvalue weighted by Crippen LogP contribution is -2.28. The summed E-state index contributed by atoms with van der Waals surface area (Å²) in [4.78, 5) is 2.79. The second kappa shape index (κ2) is 48.0. The van der Waals surface area contributed by atoms with Crippen molar-refractivity contribution in [1.29, 1.82) is 0 Å². The third kappa shape index (κ3) is 45.2. The molecule has 320 valence electrons. The Hall–Kier alpha value is -1.16. The van der Waals surface area contributed by atoms with E-state index >= 15 is 0 Å². The average molecular weight is 756 g/mol. The minimum atomic E-state index is 0.880. The number of rotatable bonds is 44. The van der Waals surface area contributed by atoms with E-state index in [0.717, 1.165) is 25.6 Å². The molecule has 0 aliphatic carbocycles. The molecule has 0 aromatic carbocycles. The van der Waals surface area contributed by atoms with Crippen molar-refractivity contribution < 1.29 is 0 Å². The second-order valence-electron chi connectivity index (χ2n) is 16.7. The van der Waals surface area contributed by atoms with Gasteiger partial charge in [0.1, 0.15) is 0 Å². The zero-order valence-electron chi connectivity index (χ0n) is 37.9. The summed E-state index contributed by atoms with van der Waals surface area (Å²) < 4.78 is 0. The van der Waals surface area contributed by atoms with Gasteiger partial charge in [0.25, 0.3) is 0 Å². The van der Waals surface area contributed by atoms with Crippen molar-refractivity contribution in [3.05, 3.63) is 49.6 Å². The first kappa shape index (κ1) is 54.9. The molecule has 0 fully saturated rings. The zero-order valence-corrected chi connectivity index (χ0v) is 37.9. The summed E-state index contributed by atoms with van der Waals surface area (Å²) in [6.45, 7) is 30.0. The van der Waals surface area contributed by atoms with Gasteiger partial charge < -0.3 is 15.5 Å². The van der Waals surface area contributed by atoms with Gasteiger partial charge in [-0.2, -0.15) is 0 Å². The molecule has 0 heterocycles. The van der Waals surface area contributed by atoms with Crippen LogP contribution in [0.1, 0.15) is 226 Å². The van der Waals surface area contributed by atoms with Gasteiger partial charge in [-0.15, -0.1) is 13.2 Å². The van der Waals surface area contributed by atoms with Crippen LogP contribution in [0.2, 0.25) is 0 Å². The number of nitrogens with zero attached hydrogens (tertiary/aromatic N) is 1. The summed E-state index contributed by atoms with van der Waals surface area (Å²) >= 11 is 0. The molecule has 54 heavy (non-hydrogen) atoms. The Balaban J connectivity index is 0. The Bertz CT molecular complexity index is 757. The van der Waals surface area contributed by atoms with E-state index in [0.29, 0.717) is 0 Å². The van der Waals surface area contributed by atoms with Crippen molar-refractivity contribution in [3.63, 3.8) is 0 Å². The number of unbranched alkanes of at least 4 members (excludes halogenated alkanes) is 20. The minimum absolute atomic E-state index is 0.880. The van der Waals surface area contributed by atoms with Crippen molar-refractivity contribution in [2.45, 2.75) is 226 Å². The van der Waals surface area contributed by atoms with Crippen LogP contribution >= 0.6 is 0 Å². The molecule has 3 nitrogen and oxygen atoms in total. The topological polar surface area (TPSA) is 27.3 Å². The number of likely N-dealkylation sites (N-methyl/N-ethyl adjacent to an activating group) is 1. The third-order valence-electron chi connectivity index (χ3n) is 11.1. The van der Waals surface area contributed by atoms with Crippen LogP contribution in [0.5, 0.6) is 0 Å². The number of nitrogens with one attached hydrogen (secondary N) is 2. The summed E-state index contributed by atoms with van der Waals surface area (Å²) in [5.74, 6) is 0.880. The van der Waals surface area contributed by atoms with Gasteiger partial charge in [-0.3, -0.25) is 0 Å². The van der Waals surface area contributed by atoms with Gasteiger partial charge in [0.05, 0.1) is 0 Å². The predicted molar refractivity (Wildman–Crippen MR) is 250 cm³/mol. The van der Waals surface area contributed by atoms with Gasteiger partial charge in [0, 0.05) is 13.1 Å². The van der Waals surface area contributed by atoms with Gasteiger partial charge in [-0.25, -0.2) is 0 Å². The SMILES string of the molecule is C=CCNC.C=CCNCCCCN(CCCCCCCCC(=C)CCCCCC)CCCCC(=C)CC(CCCCCCCC)CCCCCCCC. The summed E-state index contributed by atoms with van der Waals surface area (Å²) in [6, 6.07) is 0. The van der Waals surface area contributed by atoms with E-state index in [1.165, 1.54) is 231 Å². The van der Waals surface area contributed by atoms with Crippen molar-refractivity contribution in [1.82, 2.24) is 15.5 Å². The van der Waals surface area contributed by atoms with Gasteiger partial charge in [0.2, 0.25) is 0 Å². The molecule has 0 rings (SSSR count). The fourth-order valence-electron chi connectivity index (χ4n) is 7.61. The largest absolute Gasteiger partial charge is 0.316 e. The van der Waals surface area contributed by atoms with Crippen LogP contribution in [0.3, 0.4) is 0 Å². The van der Waals surface area contributed by atoms with Crippen LogP contribution in [0, 0.1) is 5.92 Å². The van der Waals surface area contributed by atoms with Gasteiger partial charge in [-0.05, 0) is 110 Å². The lowest BCUT2D eigenvalue weighted by molar-refractivity contribution is 0.256. The molecule has 3 heteroatoms. The molecular weight excluding hydrogens is 655 g/mol. The molecule has 0 unspecified atom stereocenters. The third-order valence-corrected chi connectivity index (χ3v) is 11.1. The predicted octanol–water partition coefficient (Wildman–Crippen LogP) is 15.7. The highest BCUT2D eigenvalue weighted by molar-refractivity contribution is 4.96. The molecule has 0 amide bonds. The Kier molecular flexibility index (Phi) is 48.8. The van der Waals surface area contributed by atoms with Crippen LogP contribution in [-0.2, 0) is 0 Å². The second-order valence-corrected chi connectivity index (χ2v) is 16.7. The molecule has 2 N–H and O–H groups in total. The first-order valence-electron chi connectivity index (χ1n) is 24.1. The zero-order chi connectivity index (χ0) is 40.0. The molecule has 0 aliphatic heterocycles. The van der Waals surface area contributed by atoms with E-state index in [-0.39, 0.29) is 0 Å². The Morgan fingerprint density at radius 2 is 0.870 bits per heavy atom. The molecule has 0 aromatic heterocycles. The highest BCUT2D eigenvalue weighted by Gasteiger charge is 2.12. The summed E-state index contributed by atoms with van der Waals surface area (Å²) in [7, 11) is 1.89. The maximum absolute atomic E-state index is 4.62. The van der Waals surface area contributed by atoms with Crippen LogP contribution in [0.25, 0.3) is 0 Å². The van der Waals surface area contributed by atoms with Crippen LogP contribution < -0.4 is 10.6 Å². The van der Waals surface area contributed by atoms with Gasteiger partial charge in [0.15, 0.2) is 0 Å². The minimum Gasteiger partial charge on any atom is -0.316 e. The number of allylic oxidation sites excluding steroid dienone is 2. The Morgan fingerprint density at radius 3 is 1.35 bits per heavy atom. The fourth-order valence-corrected chi connectivity index (χ4v) is 7.61. The highest BCUT2D eigenvalue weighted by atomic mass is 15.1. The molecule has 0 radical (unpaired) electrons. The Morgan fingerprint density at radius 1 is 0.481 bits per heavy atom. The van der Waals surface area contributed by atoms with Crippen LogP contribution in [0.4, 0.5) is 0 Å². The maximum atomic E-state index is 4.62. The summed E-state index contributed by atoms with van der Waals surface area (Å²) in [5.41, 5.74) is 3.04. The van der Waals surface area contributed by atoms with Gasteiger partial charge >= 0.3 is 0 Å². The van der Waals surface area contributed by atoms with Crippen molar-refractivity contribution in [2.75, 3.05) is 46.3 Å². The van der Waals surface area contributed by atoms with Crippen molar-refractivity contribution in [3.8, 4) is 0 Å². The summed E-state index contributed by atoms with van der Waals surface area (Å²) in [6.07, 6.45) is 47.7. The Labute approximate surface area is 342 Å².